The fraction of sp³-hybridized carbons (Fsp3) is 0.355. The molecule has 2 atom stereocenters. The summed E-state index contributed by atoms with van der Waals surface area (Å²) in [6, 6.07) is 19.6. The van der Waals surface area contributed by atoms with E-state index in [1.165, 1.54) is 29.2 Å². The molecule has 0 fully saturated rings. The first kappa shape index (κ1) is 31.2. The molecule has 0 saturated carbocycles. The highest BCUT2D eigenvalue weighted by atomic mass is 35.5. The molecule has 3 aromatic carbocycles. The van der Waals surface area contributed by atoms with Crippen LogP contribution in [0.2, 0.25) is 5.02 Å². The summed E-state index contributed by atoms with van der Waals surface area (Å²) < 4.78 is 28.9. The molecular weight excluding hydrogens is 546 g/mol. The zero-order chi connectivity index (χ0) is 29.4. The molecule has 3 aromatic rings. The average molecular weight is 584 g/mol. The Bertz CT molecular complexity index is 1410. The number of aryl methyl sites for hydroxylation is 2. The summed E-state index contributed by atoms with van der Waals surface area (Å²) in [5, 5.41) is 3.39. The molecule has 0 aliphatic heterocycles. The summed E-state index contributed by atoms with van der Waals surface area (Å²) in [5.74, 6) is -0.742. The van der Waals surface area contributed by atoms with E-state index in [2.05, 4.69) is 5.32 Å². The number of halogens is 1. The lowest BCUT2D eigenvalue weighted by Crippen LogP contribution is -2.53. The Labute approximate surface area is 243 Å². The number of nitrogens with zero attached hydrogens (tertiary/aromatic N) is 2. The van der Waals surface area contributed by atoms with Crippen LogP contribution in [0.15, 0.2) is 77.7 Å². The van der Waals surface area contributed by atoms with Gasteiger partial charge in [0.25, 0.3) is 10.0 Å². The molecule has 0 radical (unpaired) electrons. The van der Waals surface area contributed by atoms with Crippen LogP contribution in [0.5, 0.6) is 0 Å². The molecule has 2 unspecified atom stereocenters. The molecule has 9 heteroatoms. The van der Waals surface area contributed by atoms with Gasteiger partial charge >= 0.3 is 0 Å². The van der Waals surface area contributed by atoms with Crippen molar-refractivity contribution < 1.29 is 18.0 Å². The average Bonchev–Trinajstić information content (AvgIpc) is 2.93. The zero-order valence-corrected chi connectivity index (χ0v) is 25.3. The molecule has 0 aliphatic carbocycles. The third-order valence-electron chi connectivity index (χ3n) is 6.99. The number of anilines is 1. The lowest BCUT2D eigenvalue weighted by molar-refractivity contribution is -0.140. The van der Waals surface area contributed by atoms with Crippen molar-refractivity contribution >= 4 is 39.1 Å². The number of carbonyl (C=O) groups excluding carboxylic acids is 2. The molecule has 40 heavy (non-hydrogen) atoms. The largest absolute Gasteiger partial charge is 0.352 e. The summed E-state index contributed by atoms with van der Waals surface area (Å²) in [6.45, 7) is 9.27. The molecule has 0 heterocycles. The zero-order valence-electron chi connectivity index (χ0n) is 23.7. The highest BCUT2D eigenvalue weighted by Crippen LogP contribution is 2.26. The predicted octanol–water partition coefficient (Wildman–Crippen LogP) is 5.87. The van der Waals surface area contributed by atoms with E-state index in [4.69, 9.17) is 11.6 Å². The highest BCUT2D eigenvalue weighted by Gasteiger charge is 2.34. The maximum Gasteiger partial charge on any atom is 0.264 e. The molecule has 2 amide bonds. The number of hydrogen-bond acceptors (Lipinski definition) is 4. The number of rotatable bonds is 12. The number of benzene rings is 3. The molecule has 0 aromatic heterocycles. The second-order valence-electron chi connectivity index (χ2n) is 9.99. The SMILES string of the molecule is CCC(C)NC(=O)C(CC)N(Cc1ccccc1C)C(=O)CN(c1ccc(C)cc1)S(=O)(=O)c1ccc(Cl)cc1. The van der Waals surface area contributed by atoms with Crippen LogP contribution >= 0.6 is 11.6 Å². The number of carbonyl (C=O) groups is 2. The van der Waals surface area contributed by atoms with Gasteiger partial charge < -0.3 is 10.2 Å². The van der Waals surface area contributed by atoms with Crippen LogP contribution in [0.25, 0.3) is 0 Å². The van der Waals surface area contributed by atoms with E-state index < -0.39 is 28.5 Å². The van der Waals surface area contributed by atoms with E-state index in [9.17, 15) is 18.0 Å². The minimum absolute atomic E-state index is 0.0114. The molecule has 1 N–H and O–H groups in total. The van der Waals surface area contributed by atoms with E-state index in [0.29, 0.717) is 17.1 Å². The second kappa shape index (κ2) is 13.8. The van der Waals surface area contributed by atoms with Crippen molar-refractivity contribution in [1.82, 2.24) is 10.2 Å². The summed E-state index contributed by atoms with van der Waals surface area (Å²) in [7, 11) is -4.14. The van der Waals surface area contributed by atoms with Gasteiger partial charge in [0, 0.05) is 17.6 Å². The van der Waals surface area contributed by atoms with E-state index in [1.807, 2.05) is 58.9 Å². The third-order valence-corrected chi connectivity index (χ3v) is 9.03. The maximum absolute atomic E-state index is 14.1. The van der Waals surface area contributed by atoms with E-state index >= 15 is 0 Å². The van der Waals surface area contributed by atoms with Crippen molar-refractivity contribution in [3.63, 3.8) is 0 Å². The molecule has 3 rings (SSSR count). The monoisotopic (exact) mass is 583 g/mol. The van der Waals surface area contributed by atoms with Crippen LogP contribution < -0.4 is 9.62 Å². The standard InChI is InChI=1S/C31H38ClN3O4S/c1-6-24(5)33-31(37)29(7-2)34(20-25-11-9-8-10-23(25)4)30(36)21-35(27-16-12-22(3)13-17-27)40(38,39)28-18-14-26(32)15-19-28/h8-19,24,29H,6-7,20-21H2,1-5H3,(H,33,37). The quantitative estimate of drug-likeness (QED) is 0.289. The van der Waals surface area contributed by atoms with Gasteiger partial charge in [-0.2, -0.15) is 0 Å². The molecule has 0 spiro atoms. The van der Waals surface area contributed by atoms with Crippen molar-refractivity contribution in [2.75, 3.05) is 10.8 Å². The number of nitrogens with one attached hydrogen (secondary N) is 1. The number of hydrogen-bond donors (Lipinski definition) is 1. The van der Waals surface area contributed by atoms with Crippen LogP contribution in [-0.4, -0.2) is 43.8 Å². The molecule has 0 bridgehead atoms. The first-order chi connectivity index (χ1) is 19.0. The summed E-state index contributed by atoms with van der Waals surface area (Å²) in [5.41, 5.74) is 3.16. The van der Waals surface area contributed by atoms with E-state index in [0.717, 1.165) is 27.4 Å². The van der Waals surface area contributed by atoms with Crippen molar-refractivity contribution in [2.24, 2.45) is 0 Å². The Morgan fingerprint density at radius 3 is 2.10 bits per heavy atom. The second-order valence-corrected chi connectivity index (χ2v) is 12.3. The Kier molecular flexibility index (Phi) is 10.8. The smallest absolute Gasteiger partial charge is 0.264 e. The minimum atomic E-state index is -4.14. The van der Waals surface area contributed by atoms with Crippen LogP contribution in [0.4, 0.5) is 5.69 Å². The minimum Gasteiger partial charge on any atom is -0.352 e. The van der Waals surface area contributed by atoms with Gasteiger partial charge in [0.05, 0.1) is 10.6 Å². The van der Waals surface area contributed by atoms with Gasteiger partial charge in [0.2, 0.25) is 11.8 Å². The number of amides is 2. The number of sulfonamides is 1. The van der Waals surface area contributed by atoms with Crippen molar-refractivity contribution in [3.8, 4) is 0 Å². The van der Waals surface area contributed by atoms with Gasteiger partial charge in [0.1, 0.15) is 12.6 Å². The lowest BCUT2D eigenvalue weighted by Gasteiger charge is -2.34. The fourth-order valence-electron chi connectivity index (χ4n) is 4.31. The molecule has 7 nitrogen and oxygen atoms in total. The molecule has 0 saturated heterocycles. The lowest BCUT2D eigenvalue weighted by atomic mass is 10.1. The summed E-state index contributed by atoms with van der Waals surface area (Å²) in [6.07, 6.45) is 1.11. The maximum atomic E-state index is 14.1. The van der Waals surface area contributed by atoms with Crippen LogP contribution in [0.1, 0.15) is 50.3 Å². The Morgan fingerprint density at radius 2 is 1.52 bits per heavy atom. The van der Waals surface area contributed by atoms with Gasteiger partial charge in [-0.1, -0.05) is 67.4 Å². The van der Waals surface area contributed by atoms with Crippen molar-refractivity contribution in [1.29, 1.82) is 0 Å². The van der Waals surface area contributed by atoms with E-state index in [-0.39, 0.29) is 23.4 Å². The van der Waals surface area contributed by atoms with Gasteiger partial charge in [-0.05, 0) is 81.1 Å². The molecule has 214 valence electrons. The fourth-order valence-corrected chi connectivity index (χ4v) is 5.85. The summed E-state index contributed by atoms with van der Waals surface area (Å²) in [4.78, 5) is 29.0. The normalized spacial score (nSPS) is 12.8. The van der Waals surface area contributed by atoms with Crippen molar-refractivity contribution in [2.45, 2.75) is 71.0 Å². The third kappa shape index (κ3) is 7.64. The first-order valence-corrected chi connectivity index (χ1v) is 15.3. The van der Waals surface area contributed by atoms with Crippen molar-refractivity contribution in [3.05, 3.63) is 94.5 Å². The summed E-state index contributed by atoms with van der Waals surface area (Å²) >= 11 is 6.01. The Morgan fingerprint density at radius 1 is 0.900 bits per heavy atom. The van der Waals surface area contributed by atoms with Crippen LogP contribution in [0.3, 0.4) is 0 Å². The van der Waals surface area contributed by atoms with Gasteiger partial charge in [0.15, 0.2) is 0 Å². The topological polar surface area (TPSA) is 86.8 Å². The molecular formula is C31H38ClN3O4S. The Balaban J connectivity index is 2.06. The molecule has 0 aliphatic rings. The van der Waals surface area contributed by atoms with Crippen LogP contribution in [-0.2, 0) is 26.2 Å². The predicted molar refractivity (Wildman–Crippen MR) is 161 cm³/mol. The van der Waals surface area contributed by atoms with Crippen LogP contribution in [0, 0.1) is 13.8 Å². The van der Waals surface area contributed by atoms with Gasteiger partial charge in [-0.25, -0.2) is 8.42 Å². The van der Waals surface area contributed by atoms with E-state index in [1.54, 1.807) is 24.3 Å². The highest BCUT2D eigenvalue weighted by molar-refractivity contribution is 7.92. The Hall–Kier alpha value is -3.36. The van der Waals surface area contributed by atoms with Gasteiger partial charge in [-0.3, -0.25) is 13.9 Å². The first-order valence-electron chi connectivity index (χ1n) is 13.5. The van der Waals surface area contributed by atoms with Gasteiger partial charge in [-0.15, -0.1) is 0 Å².